The van der Waals surface area contributed by atoms with Crippen LogP contribution >= 0.6 is 11.3 Å². The average Bonchev–Trinajstić information content (AvgIpc) is 3.12. The van der Waals surface area contributed by atoms with Crippen molar-refractivity contribution in [1.82, 2.24) is 14.5 Å². The van der Waals surface area contributed by atoms with Crippen LogP contribution in [0.15, 0.2) is 39.3 Å². The Hall–Kier alpha value is -3.33. The molecule has 0 atom stereocenters. The van der Waals surface area contributed by atoms with Crippen LogP contribution in [0.4, 0.5) is 5.69 Å². The van der Waals surface area contributed by atoms with E-state index in [9.17, 15) is 14.7 Å². The summed E-state index contributed by atoms with van der Waals surface area (Å²) in [4.78, 5) is 33.3. The molecule has 0 saturated carbocycles. The molecule has 0 bridgehead atoms. The normalized spacial score (nSPS) is 11.8. The Morgan fingerprint density at radius 3 is 2.83 bits per heavy atom. The number of carbonyl (C=O) groups excluding carboxylic acids is 1. The minimum absolute atomic E-state index is 0.0391. The molecule has 4 aromatic rings. The van der Waals surface area contributed by atoms with Crippen LogP contribution in [-0.4, -0.2) is 25.5 Å². The van der Waals surface area contributed by atoms with Gasteiger partial charge >= 0.3 is 0 Å². The van der Waals surface area contributed by atoms with Crippen LogP contribution in [0.3, 0.4) is 0 Å². The van der Waals surface area contributed by atoms with E-state index < -0.39 is 5.91 Å². The molecule has 148 valence electrons. The van der Waals surface area contributed by atoms with Gasteiger partial charge in [0.15, 0.2) is 5.69 Å². The van der Waals surface area contributed by atoms with Crippen molar-refractivity contribution < 1.29 is 9.90 Å². The number of amides is 1. The highest BCUT2D eigenvalue weighted by molar-refractivity contribution is 7.18. The number of aromatic nitrogens is 3. The van der Waals surface area contributed by atoms with E-state index in [2.05, 4.69) is 20.2 Å². The molecular weight excluding hydrogens is 390 g/mol. The molecule has 1 aromatic carbocycles. The predicted molar refractivity (Wildman–Crippen MR) is 112 cm³/mol. The van der Waals surface area contributed by atoms with Gasteiger partial charge in [-0.15, -0.1) is 21.6 Å². The zero-order chi connectivity index (χ0) is 20.7. The van der Waals surface area contributed by atoms with Crippen molar-refractivity contribution in [1.29, 1.82) is 0 Å². The summed E-state index contributed by atoms with van der Waals surface area (Å²) in [5.41, 5.74) is 1.70. The van der Waals surface area contributed by atoms with E-state index >= 15 is 0 Å². The fourth-order valence-electron chi connectivity index (χ4n) is 3.36. The molecule has 9 heteroatoms. The van der Waals surface area contributed by atoms with Crippen LogP contribution < -0.4 is 5.56 Å². The Bertz CT molecular complexity index is 1350. The molecule has 0 radical (unpaired) electrons. The molecule has 0 fully saturated rings. The molecule has 3 heterocycles. The van der Waals surface area contributed by atoms with Crippen molar-refractivity contribution in [3.8, 4) is 5.88 Å². The SMILES string of the molecule is CCn1c(O)c(N=NC(=O)Cc2nc3sc(C)c(C)c3c(=O)[nH]2)c2ccccc21. The smallest absolute Gasteiger partial charge is 0.272 e. The van der Waals surface area contributed by atoms with Gasteiger partial charge in [-0.1, -0.05) is 18.2 Å². The van der Waals surface area contributed by atoms with Crippen molar-refractivity contribution in [3.05, 3.63) is 50.9 Å². The van der Waals surface area contributed by atoms with Gasteiger partial charge in [0.25, 0.3) is 11.5 Å². The lowest BCUT2D eigenvalue weighted by Crippen LogP contribution is -2.13. The molecule has 1 amide bonds. The van der Waals surface area contributed by atoms with E-state index in [-0.39, 0.29) is 29.4 Å². The number of azo groups is 1. The summed E-state index contributed by atoms with van der Waals surface area (Å²) in [6, 6.07) is 7.38. The fraction of sp³-hybridized carbons (Fsp3) is 0.250. The minimum Gasteiger partial charge on any atom is -0.493 e. The van der Waals surface area contributed by atoms with E-state index in [4.69, 9.17) is 0 Å². The zero-order valence-electron chi connectivity index (χ0n) is 16.2. The highest BCUT2D eigenvalue weighted by atomic mass is 32.1. The van der Waals surface area contributed by atoms with Crippen LogP contribution in [0.5, 0.6) is 5.88 Å². The summed E-state index contributed by atoms with van der Waals surface area (Å²) in [5, 5.41) is 19.4. The summed E-state index contributed by atoms with van der Waals surface area (Å²) < 4.78 is 1.70. The number of aromatic amines is 1. The zero-order valence-corrected chi connectivity index (χ0v) is 17.0. The molecule has 2 N–H and O–H groups in total. The summed E-state index contributed by atoms with van der Waals surface area (Å²) >= 11 is 1.42. The molecule has 0 aliphatic carbocycles. The fourth-order valence-corrected chi connectivity index (χ4v) is 4.41. The number of H-pyrrole nitrogens is 1. The van der Waals surface area contributed by atoms with Gasteiger partial charge in [-0.2, -0.15) is 0 Å². The van der Waals surface area contributed by atoms with E-state index in [0.29, 0.717) is 22.1 Å². The topological polar surface area (TPSA) is 113 Å². The van der Waals surface area contributed by atoms with Crippen molar-refractivity contribution in [2.45, 2.75) is 33.7 Å². The molecular formula is C20H19N5O3S. The second-order valence-electron chi connectivity index (χ2n) is 6.68. The number of carbonyl (C=O) groups is 1. The number of benzene rings is 1. The maximum absolute atomic E-state index is 12.3. The largest absolute Gasteiger partial charge is 0.493 e. The van der Waals surface area contributed by atoms with Crippen molar-refractivity contribution in [3.63, 3.8) is 0 Å². The Morgan fingerprint density at radius 1 is 1.31 bits per heavy atom. The monoisotopic (exact) mass is 409 g/mol. The molecule has 8 nitrogen and oxygen atoms in total. The average molecular weight is 409 g/mol. The lowest BCUT2D eigenvalue weighted by Gasteiger charge is -2.00. The first-order chi connectivity index (χ1) is 13.9. The molecule has 0 unspecified atom stereocenters. The third-order valence-electron chi connectivity index (χ3n) is 4.90. The van der Waals surface area contributed by atoms with Crippen LogP contribution in [0.25, 0.3) is 21.1 Å². The Labute approximate surface area is 169 Å². The molecule has 0 saturated heterocycles. The van der Waals surface area contributed by atoms with Gasteiger partial charge in [-0.3, -0.25) is 9.59 Å². The summed E-state index contributed by atoms with van der Waals surface area (Å²) in [6.07, 6.45) is -0.183. The molecule has 0 aliphatic heterocycles. The van der Waals surface area contributed by atoms with Crippen LogP contribution in [-0.2, 0) is 17.8 Å². The third-order valence-corrected chi connectivity index (χ3v) is 6.00. The Balaban J connectivity index is 1.63. The van der Waals surface area contributed by atoms with Gasteiger partial charge in [-0.25, -0.2) is 4.98 Å². The standard InChI is InChI=1S/C20H19N5O3S/c1-4-25-13-8-6-5-7-12(13)17(20(25)28)24-23-15(26)9-14-21-18(27)16-10(2)11(3)29-19(16)22-14/h5-8,28H,4,9H2,1-3H3,(H,21,22,27). The maximum atomic E-state index is 12.3. The van der Waals surface area contributed by atoms with Gasteiger partial charge in [0.1, 0.15) is 10.7 Å². The number of fused-ring (bicyclic) bond motifs is 2. The number of thiophene rings is 1. The number of para-hydroxylation sites is 1. The van der Waals surface area contributed by atoms with Crippen molar-refractivity contribution >= 4 is 44.1 Å². The molecule has 0 aliphatic rings. The van der Waals surface area contributed by atoms with E-state index in [1.165, 1.54) is 11.3 Å². The highest BCUT2D eigenvalue weighted by Gasteiger charge is 2.16. The second-order valence-corrected chi connectivity index (χ2v) is 7.88. The number of hydrogen-bond acceptors (Lipinski definition) is 6. The number of aryl methyl sites for hydroxylation is 3. The van der Waals surface area contributed by atoms with E-state index in [1.54, 1.807) is 4.57 Å². The lowest BCUT2D eigenvalue weighted by atomic mass is 10.2. The lowest BCUT2D eigenvalue weighted by molar-refractivity contribution is -0.117. The van der Waals surface area contributed by atoms with E-state index in [0.717, 1.165) is 16.0 Å². The second kappa shape index (κ2) is 7.25. The Kier molecular flexibility index (Phi) is 4.75. The quantitative estimate of drug-likeness (QED) is 0.493. The minimum atomic E-state index is -0.565. The summed E-state index contributed by atoms with van der Waals surface area (Å²) in [7, 11) is 0. The van der Waals surface area contributed by atoms with Gasteiger partial charge in [0.05, 0.1) is 17.3 Å². The number of aromatic hydroxyl groups is 1. The summed E-state index contributed by atoms with van der Waals surface area (Å²) in [6.45, 7) is 6.27. The number of rotatable bonds is 4. The van der Waals surface area contributed by atoms with E-state index in [1.807, 2.05) is 45.0 Å². The number of nitrogens with one attached hydrogen (secondary N) is 1. The first-order valence-corrected chi connectivity index (χ1v) is 9.96. The van der Waals surface area contributed by atoms with Crippen LogP contribution in [0.1, 0.15) is 23.2 Å². The molecule has 0 spiro atoms. The maximum Gasteiger partial charge on any atom is 0.272 e. The summed E-state index contributed by atoms with van der Waals surface area (Å²) in [5.74, 6) is -0.360. The molecule has 29 heavy (non-hydrogen) atoms. The Morgan fingerprint density at radius 2 is 2.07 bits per heavy atom. The van der Waals surface area contributed by atoms with Gasteiger partial charge in [0, 0.05) is 16.8 Å². The first kappa shape index (κ1) is 19.0. The number of hydrogen-bond donors (Lipinski definition) is 2. The van der Waals surface area contributed by atoms with Gasteiger partial charge in [0.2, 0.25) is 5.88 Å². The van der Waals surface area contributed by atoms with Gasteiger partial charge < -0.3 is 14.7 Å². The van der Waals surface area contributed by atoms with Crippen LogP contribution in [0.2, 0.25) is 0 Å². The molecule has 4 rings (SSSR count). The predicted octanol–water partition coefficient (Wildman–Crippen LogP) is 4.13. The van der Waals surface area contributed by atoms with Crippen LogP contribution in [0, 0.1) is 13.8 Å². The van der Waals surface area contributed by atoms with Gasteiger partial charge in [-0.05, 0) is 32.4 Å². The highest BCUT2D eigenvalue weighted by Crippen LogP contribution is 2.38. The van der Waals surface area contributed by atoms with Crippen molar-refractivity contribution in [2.24, 2.45) is 10.2 Å². The first-order valence-electron chi connectivity index (χ1n) is 9.14. The third kappa shape index (κ3) is 3.23. The number of nitrogens with zero attached hydrogens (tertiary/aromatic N) is 4. The van der Waals surface area contributed by atoms with Crippen molar-refractivity contribution in [2.75, 3.05) is 0 Å². The molecule has 3 aromatic heterocycles.